The van der Waals surface area contributed by atoms with Gasteiger partial charge >= 0.3 is 11.9 Å². The maximum atomic E-state index is 12.9. The number of carbonyl (C=O) groups excluding carboxylic acids is 3. The van der Waals surface area contributed by atoms with Gasteiger partial charge in [0.25, 0.3) is 0 Å². The number of unbranched alkanes of at least 4 members (excludes halogenated alkanes) is 23. The van der Waals surface area contributed by atoms with E-state index in [1.54, 1.807) is 0 Å². The lowest BCUT2D eigenvalue weighted by Crippen LogP contribution is -2.47. The monoisotopic (exact) mass is 897 g/mol. The fourth-order valence-corrected chi connectivity index (χ4v) is 7.53. The van der Waals surface area contributed by atoms with Crippen LogP contribution in [0, 0.1) is 0 Å². The molecular weight excluding hydrogens is 801 g/mol. The zero-order chi connectivity index (χ0) is 46.8. The van der Waals surface area contributed by atoms with Crippen molar-refractivity contribution in [1.82, 2.24) is 10.6 Å². The number of aliphatic hydroxyl groups is 1. The van der Waals surface area contributed by atoms with Gasteiger partial charge in [-0.3, -0.25) is 14.4 Å². The summed E-state index contributed by atoms with van der Waals surface area (Å²) in [6.45, 7) is 3.37. The summed E-state index contributed by atoms with van der Waals surface area (Å²) in [5, 5.41) is 22.6. The molecule has 2 amide bonds. The van der Waals surface area contributed by atoms with Gasteiger partial charge in [-0.1, -0.05) is 197 Å². The number of ether oxygens (including phenoxy) is 1. The van der Waals surface area contributed by atoms with Crippen LogP contribution in [-0.4, -0.2) is 59.3 Å². The van der Waals surface area contributed by atoms with Gasteiger partial charge in [0.1, 0.15) is 12.1 Å². The Balaban J connectivity index is 4.28. The first-order valence-electron chi connectivity index (χ1n) is 26.2. The highest BCUT2D eigenvalue weighted by Gasteiger charge is 2.19. The minimum absolute atomic E-state index is 0.0799. The number of amides is 2. The molecule has 0 bridgehead atoms. The Hall–Kier alpha value is -3.46. The number of allylic oxidation sites excluding steroid dienone is 10. The minimum Gasteiger partial charge on any atom is -0.480 e. The van der Waals surface area contributed by atoms with E-state index in [4.69, 9.17) is 14.9 Å². The highest BCUT2D eigenvalue weighted by molar-refractivity contribution is 5.87. The van der Waals surface area contributed by atoms with Gasteiger partial charge in [-0.25, -0.2) is 4.79 Å². The number of nitrogens with one attached hydrogen (secondary N) is 2. The van der Waals surface area contributed by atoms with Crippen molar-refractivity contribution in [2.75, 3.05) is 13.2 Å². The summed E-state index contributed by atoms with van der Waals surface area (Å²) in [7, 11) is 0. The third-order valence-corrected chi connectivity index (χ3v) is 11.5. The van der Waals surface area contributed by atoms with E-state index in [1.807, 2.05) is 0 Å². The highest BCUT2D eigenvalue weighted by atomic mass is 16.5. The normalized spacial score (nSPS) is 12.9. The number of carboxylic acids is 1. The number of rotatable bonds is 47. The van der Waals surface area contributed by atoms with Crippen molar-refractivity contribution in [3.63, 3.8) is 0 Å². The molecule has 0 aromatic heterocycles. The first-order valence-corrected chi connectivity index (χ1v) is 26.2. The van der Waals surface area contributed by atoms with Crippen molar-refractivity contribution in [1.29, 1.82) is 0 Å². The first kappa shape index (κ1) is 60.5. The summed E-state index contributed by atoms with van der Waals surface area (Å²) in [4.78, 5) is 47.8. The van der Waals surface area contributed by atoms with Crippen LogP contribution in [0.2, 0.25) is 0 Å². The Kier molecular flexibility index (Phi) is 46.3. The summed E-state index contributed by atoms with van der Waals surface area (Å²) in [5.74, 6) is -2.35. The molecule has 0 fully saturated rings. The Bertz CT molecular complexity index is 1260. The lowest BCUT2D eigenvalue weighted by molar-refractivity contribution is -0.150. The summed E-state index contributed by atoms with van der Waals surface area (Å²) in [5.41, 5.74) is 0. The van der Waals surface area contributed by atoms with Gasteiger partial charge in [0, 0.05) is 12.8 Å². The van der Waals surface area contributed by atoms with Crippen LogP contribution < -0.4 is 10.6 Å². The molecule has 4 N–H and O–H groups in total. The third-order valence-electron chi connectivity index (χ3n) is 11.5. The molecular formula is C55H96N2O7. The van der Waals surface area contributed by atoms with E-state index >= 15 is 0 Å². The minimum atomic E-state index is -1.39. The van der Waals surface area contributed by atoms with Crippen LogP contribution in [-0.2, 0) is 23.9 Å². The SMILES string of the molecule is CC/C=C\C/C=C\C/C=C\C/C=C\CCC(CCCCCCCC(=O)NCC(=O)NC(CO)C(=O)O)OC(=O)CCCCCCCCCCCCC/C=C\CCCCCCCCCC. The van der Waals surface area contributed by atoms with Gasteiger partial charge < -0.3 is 25.6 Å². The topological polar surface area (TPSA) is 142 Å². The maximum Gasteiger partial charge on any atom is 0.328 e. The second-order valence-corrected chi connectivity index (χ2v) is 17.6. The van der Waals surface area contributed by atoms with Crippen LogP contribution in [0.25, 0.3) is 0 Å². The molecule has 368 valence electrons. The van der Waals surface area contributed by atoms with Gasteiger partial charge in [0.05, 0.1) is 13.2 Å². The fourth-order valence-electron chi connectivity index (χ4n) is 7.53. The Morgan fingerprint density at radius 1 is 0.484 bits per heavy atom. The number of aliphatic hydroxyl groups excluding tert-OH is 1. The Morgan fingerprint density at radius 2 is 0.922 bits per heavy atom. The number of carbonyl (C=O) groups is 4. The second kappa shape index (κ2) is 49.0. The molecule has 0 radical (unpaired) electrons. The van der Waals surface area contributed by atoms with E-state index in [2.05, 4.69) is 85.2 Å². The smallest absolute Gasteiger partial charge is 0.328 e. The molecule has 0 aliphatic heterocycles. The van der Waals surface area contributed by atoms with Crippen LogP contribution in [0.3, 0.4) is 0 Å². The first-order chi connectivity index (χ1) is 31.3. The van der Waals surface area contributed by atoms with E-state index in [-0.39, 0.29) is 30.9 Å². The van der Waals surface area contributed by atoms with Crippen molar-refractivity contribution >= 4 is 23.8 Å². The van der Waals surface area contributed by atoms with Crippen LogP contribution in [0.15, 0.2) is 60.8 Å². The molecule has 0 aliphatic carbocycles. The lowest BCUT2D eigenvalue weighted by Gasteiger charge is -2.17. The lowest BCUT2D eigenvalue weighted by atomic mass is 10.0. The molecule has 0 saturated carbocycles. The van der Waals surface area contributed by atoms with Crippen molar-refractivity contribution in [3.8, 4) is 0 Å². The zero-order valence-corrected chi connectivity index (χ0v) is 41.0. The number of carboxylic acid groups (broad SMARTS) is 1. The van der Waals surface area contributed by atoms with Crippen molar-refractivity contribution in [2.24, 2.45) is 0 Å². The summed E-state index contributed by atoms with van der Waals surface area (Å²) in [6.07, 6.45) is 61.3. The predicted octanol–water partition coefficient (Wildman–Crippen LogP) is 14.1. The van der Waals surface area contributed by atoms with E-state index < -0.39 is 24.5 Å². The van der Waals surface area contributed by atoms with Crippen LogP contribution in [0.1, 0.15) is 239 Å². The molecule has 64 heavy (non-hydrogen) atoms. The van der Waals surface area contributed by atoms with Gasteiger partial charge in [-0.2, -0.15) is 0 Å². The Labute approximate surface area is 391 Å². The van der Waals surface area contributed by atoms with Gasteiger partial charge in [-0.05, 0) is 89.9 Å². The standard InChI is InChI=1S/C55H96N2O7/c1-3-5-7-9-11-13-15-17-18-19-20-21-22-23-24-25-26-28-30-32-34-39-43-47-54(61)64-50(44-40-36-33-31-29-27-16-14-12-10-8-6-4-2)45-41-37-35-38-42-46-52(59)56-48-53(60)57-51(49-58)55(62)63/h6,8,12,14,19-20,27,29,33,36,50-51,58H,3-5,7,9-11,13,15-18,21-26,28,30-32,34-35,37-49H2,1-2H3,(H,56,59)(H,57,60)(H,62,63)/b8-6-,14-12-,20-19-,29-27-,36-33-. The second-order valence-electron chi connectivity index (χ2n) is 17.6. The zero-order valence-electron chi connectivity index (χ0n) is 41.0. The average molecular weight is 897 g/mol. The van der Waals surface area contributed by atoms with E-state index in [1.165, 1.54) is 122 Å². The predicted molar refractivity (Wildman–Crippen MR) is 268 cm³/mol. The van der Waals surface area contributed by atoms with Crippen LogP contribution >= 0.6 is 0 Å². The molecule has 9 heteroatoms. The van der Waals surface area contributed by atoms with Crippen LogP contribution in [0.5, 0.6) is 0 Å². The molecule has 2 unspecified atom stereocenters. The van der Waals surface area contributed by atoms with Gasteiger partial charge in [0.2, 0.25) is 11.8 Å². The number of esters is 1. The van der Waals surface area contributed by atoms with Gasteiger partial charge in [-0.15, -0.1) is 0 Å². The summed E-state index contributed by atoms with van der Waals surface area (Å²) in [6, 6.07) is -1.39. The van der Waals surface area contributed by atoms with Crippen molar-refractivity contribution in [3.05, 3.63) is 60.8 Å². The largest absolute Gasteiger partial charge is 0.480 e. The molecule has 0 spiro atoms. The molecule has 9 nitrogen and oxygen atoms in total. The molecule has 0 aromatic carbocycles. The van der Waals surface area contributed by atoms with E-state index in [9.17, 15) is 19.2 Å². The summed E-state index contributed by atoms with van der Waals surface area (Å²) < 4.78 is 6.02. The fraction of sp³-hybridized carbons (Fsp3) is 0.745. The third kappa shape index (κ3) is 45.1. The molecule has 0 aromatic rings. The van der Waals surface area contributed by atoms with Gasteiger partial charge in [0.15, 0.2) is 0 Å². The number of aliphatic carboxylic acids is 1. The molecule has 0 heterocycles. The molecule has 2 atom stereocenters. The van der Waals surface area contributed by atoms with Crippen LogP contribution in [0.4, 0.5) is 0 Å². The molecule has 0 saturated heterocycles. The summed E-state index contributed by atoms with van der Waals surface area (Å²) >= 11 is 0. The quantitative estimate of drug-likeness (QED) is 0.0271. The highest BCUT2D eigenvalue weighted by Crippen LogP contribution is 2.18. The number of hydrogen-bond acceptors (Lipinski definition) is 6. The van der Waals surface area contributed by atoms with Crippen molar-refractivity contribution in [2.45, 2.75) is 251 Å². The Morgan fingerprint density at radius 3 is 1.42 bits per heavy atom. The average Bonchev–Trinajstić information content (AvgIpc) is 3.28. The van der Waals surface area contributed by atoms with E-state index in [0.717, 1.165) is 83.5 Å². The van der Waals surface area contributed by atoms with E-state index in [0.29, 0.717) is 12.8 Å². The molecule has 0 rings (SSSR count). The van der Waals surface area contributed by atoms with Crippen molar-refractivity contribution < 1.29 is 34.1 Å². The number of hydrogen-bond donors (Lipinski definition) is 4. The maximum absolute atomic E-state index is 12.9. The molecule has 0 aliphatic rings.